The first-order valence-electron chi connectivity index (χ1n) is 8.64. The van der Waals surface area contributed by atoms with E-state index < -0.39 is 0 Å². The molecular weight excluding hydrogens is 364 g/mol. The molecule has 6 nitrogen and oxygen atoms in total. The van der Waals surface area contributed by atoms with Crippen molar-refractivity contribution in [1.82, 2.24) is 20.4 Å². The first-order chi connectivity index (χ1) is 13.1. The van der Waals surface area contributed by atoms with Crippen LogP contribution in [0.5, 0.6) is 5.75 Å². The van der Waals surface area contributed by atoms with Crippen LogP contribution >= 0.6 is 11.6 Å². The Hall–Kier alpha value is -2.83. The highest BCUT2D eigenvalue weighted by Crippen LogP contribution is 2.24. The monoisotopic (exact) mass is 382 g/mol. The fraction of sp³-hybridized carbons (Fsp3) is 0.200. The van der Waals surface area contributed by atoms with Crippen molar-refractivity contribution in [2.24, 2.45) is 0 Å². The van der Waals surface area contributed by atoms with Gasteiger partial charge in [0.15, 0.2) is 0 Å². The molecule has 1 amide bonds. The number of aromatic nitrogens is 2. The Morgan fingerprint density at radius 2 is 1.96 bits per heavy atom. The highest BCUT2D eigenvalue weighted by Gasteiger charge is 2.27. The van der Waals surface area contributed by atoms with E-state index in [0.717, 1.165) is 22.6 Å². The van der Waals surface area contributed by atoms with Gasteiger partial charge in [-0.05, 0) is 35.9 Å². The lowest BCUT2D eigenvalue weighted by molar-refractivity contribution is 0.0900. The lowest BCUT2D eigenvalue weighted by atomic mass is 10.1. The fourth-order valence-electron chi connectivity index (χ4n) is 3.07. The number of rotatable bonds is 5. The minimum absolute atomic E-state index is 0.120. The third kappa shape index (κ3) is 3.67. The fourth-order valence-corrected chi connectivity index (χ4v) is 3.19. The minimum Gasteiger partial charge on any atom is -0.497 e. The van der Waals surface area contributed by atoms with Crippen LogP contribution in [0.3, 0.4) is 0 Å². The lowest BCUT2D eigenvalue weighted by Gasteiger charge is -2.25. The maximum atomic E-state index is 12.2. The van der Waals surface area contributed by atoms with Crippen molar-refractivity contribution in [3.05, 3.63) is 70.9 Å². The lowest BCUT2D eigenvalue weighted by Crippen LogP contribution is -2.45. The van der Waals surface area contributed by atoms with Crippen molar-refractivity contribution in [1.29, 1.82) is 0 Å². The summed E-state index contributed by atoms with van der Waals surface area (Å²) in [5, 5.41) is 11.7. The summed E-state index contributed by atoms with van der Waals surface area (Å²) in [7, 11) is 1.65. The predicted octanol–water partition coefficient (Wildman–Crippen LogP) is 3.24. The van der Waals surface area contributed by atoms with E-state index in [1.54, 1.807) is 17.9 Å². The number of ether oxygens (including phenoxy) is 1. The molecule has 0 unspecified atom stereocenters. The molecule has 0 saturated heterocycles. The number of fused-ring (bicyclic) bond motifs is 1. The van der Waals surface area contributed by atoms with Gasteiger partial charge in [-0.25, -0.2) is 4.68 Å². The Labute approximate surface area is 162 Å². The van der Waals surface area contributed by atoms with E-state index in [0.29, 0.717) is 23.8 Å². The second-order valence-electron chi connectivity index (χ2n) is 6.32. The van der Waals surface area contributed by atoms with Crippen LogP contribution in [0.15, 0.2) is 54.6 Å². The summed E-state index contributed by atoms with van der Waals surface area (Å²) in [4.78, 5) is 12.2. The van der Waals surface area contributed by atoms with Crippen LogP contribution < -0.4 is 15.4 Å². The summed E-state index contributed by atoms with van der Waals surface area (Å²) in [6, 6.07) is 17.1. The zero-order valence-corrected chi connectivity index (χ0v) is 15.5. The molecule has 4 rings (SSSR count). The number of amides is 1. The van der Waals surface area contributed by atoms with E-state index >= 15 is 0 Å². The van der Waals surface area contributed by atoms with Crippen LogP contribution in [0.4, 0.5) is 0 Å². The van der Waals surface area contributed by atoms with E-state index in [9.17, 15) is 4.79 Å². The molecule has 1 aromatic heterocycles. The summed E-state index contributed by atoms with van der Waals surface area (Å²) in [5.41, 5.74) is 3.33. The van der Waals surface area contributed by atoms with Gasteiger partial charge in [-0.2, -0.15) is 5.10 Å². The van der Waals surface area contributed by atoms with E-state index in [-0.39, 0.29) is 12.1 Å². The standard InChI is InChI=1S/C20H19ClN4O2/c1-27-16-8-2-13(3-9-16)11-22-19-12-23-20(26)18-10-17(24-25(18)19)14-4-6-15(21)7-5-14/h2-10,19,22H,11-12H2,1H3,(H,23,26)/t19-/m1/s1. The Balaban J connectivity index is 1.55. The molecule has 0 bridgehead atoms. The maximum absolute atomic E-state index is 12.2. The quantitative estimate of drug-likeness (QED) is 0.710. The molecule has 1 aliphatic heterocycles. The number of carbonyl (C=O) groups is 1. The molecule has 0 saturated carbocycles. The van der Waals surface area contributed by atoms with Gasteiger partial charge in [-0.1, -0.05) is 35.9 Å². The Morgan fingerprint density at radius 3 is 2.67 bits per heavy atom. The molecule has 2 N–H and O–H groups in total. The summed E-state index contributed by atoms with van der Waals surface area (Å²) in [6.07, 6.45) is -0.124. The Kier molecular flexibility index (Phi) is 4.83. The maximum Gasteiger partial charge on any atom is 0.269 e. The number of hydrogen-bond acceptors (Lipinski definition) is 4. The topological polar surface area (TPSA) is 68.2 Å². The molecule has 2 heterocycles. The highest BCUT2D eigenvalue weighted by molar-refractivity contribution is 6.30. The van der Waals surface area contributed by atoms with Crippen LogP contribution in [0, 0.1) is 0 Å². The van der Waals surface area contributed by atoms with Gasteiger partial charge < -0.3 is 10.1 Å². The molecule has 0 aliphatic carbocycles. The van der Waals surface area contributed by atoms with Crippen molar-refractivity contribution >= 4 is 17.5 Å². The molecule has 27 heavy (non-hydrogen) atoms. The van der Waals surface area contributed by atoms with Gasteiger partial charge in [0.1, 0.15) is 17.6 Å². The van der Waals surface area contributed by atoms with Gasteiger partial charge in [-0.3, -0.25) is 10.1 Å². The Bertz CT molecular complexity index is 951. The van der Waals surface area contributed by atoms with Gasteiger partial charge >= 0.3 is 0 Å². The van der Waals surface area contributed by atoms with Gasteiger partial charge in [0.25, 0.3) is 5.91 Å². The molecule has 138 valence electrons. The third-order valence-corrected chi connectivity index (χ3v) is 4.81. The number of methoxy groups -OCH3 is 1. The molecule has 1 atom stereocenters. The molecule has 0 radical (unpaired) electrons. The van der Waals surface area contributed by atoms with Crippen LogP contribution in [0.2, 0.25) is 5.02 Å². The summed E-state index contributed by atoms with van der Waals surface area (Å²) < 4.78 is 6.94. The molecular formula is C20H19ClN4O2. The summed E-state index contributed by atoms with van der Waals surface area (Å²) in [6.45, 7) is 1.13. The van der Waals surface area contributed by atoms with Crippen molar-refractivity contribution in [3.63, 3.8) is 0 Å². The van der Waals surface area contributed by atoms with Crippen LogP contribution in [0.1, 0.15) is 22.2 Å². The number of nitrogens with zero attached hydrogens (tertiary/aromatic N) is 2. The van der Waals surface area contributed by atoms with E-state index in [1.807, 2.05) is 48.5 Å². The van der Waals surface area contributed by atoms with E-state index in [4.69, 9.17) is 16.3 Å². The van der Waals surface area contributed by atoms with Crippen LogP contribution in [-0.2, 0) is 6.54 Å². The van der Waals surface area contributed by atoms with Gasteiger partial charge in [-0.15, -0.1) is 0 Å². The molecule has 2 aromatic carbocycles. The average molecular weight is 383 g/mol. The molecule has 3 aromatic rings. The summed E-state index contributed by atoms with van der Waals surface area (Å²) in [5.74, 6) is 0.704. The molecule has 0 fully saturated rings. The second kappa shape index (κ2) is 7.42. The van der Waals surface area contributed by atoms with E-state index in [1.165, 1.54) is 0 Å². The van der Waals surface area contributed by atoms with Crippen molar-refractivity contribution in [2.75, 3.05) is 13.7 Å². The van der Waals surface area contributed by atoms with Crippen molar-refractivity contribution in [3.8, 4) is 17.0 Å². The molecule has 7 heteroatoms. The van der Waals surface area contributed by atoms with Gasteiger partial charge in [0.2, 0.25) is 0 Å². The number of nitrogens with one attached hydrogen (secondary N) is 2. The first-order valence-corrected chi connectivity index (χ1v) is 9.02. The highest BCUT2D eigenvalue weighted by atomic mass is 35.5. The Morgan fingerprint density at radius 1 is 1.22 bits per heavy atom. The molecule has 0 spiro atoms. The zero-order chi connectivity index (χ0) is 18.8. The zero-order valence-electron chi connectivity index (χ0n) is 14.8. The van der Waals surface area contributed by atoms with Crippen molar-refractivity contribution in [2.45, 2.75) is 12.7 Å². The smallest absolute Gasteiger partial charge is 0.269 e. The third-order valence-electron chi connectivity index (χ3n) is 4.56. The van der Waals surface area contributed by atoms with E-state index in [2.05, 4.69) is 15.7 Å². The number of hydrogen-bond donors (Lipinski definition) is 2. The normalized spacial score (nSPS) is 15.9. The van der Waals surface area contributed by atoms with Crippen molar-refractivity contribution < 1.29 is 9.53 Å². The number of benzene rings is 2. The SMILES string of the molecule is COc1ccc(CN[C@H]2CNC(=O)c3cc(-c4ccc(Cl)cc4)nn32)cc1. The number of carbonyl (C=O) groups excluding carboxylic acids is 1. The minimum atomic E-state index is -0.124. The van der Waals surface area contributed by atoms with Gasteiger partial charge in [0, 0.05) is 17.1 Å². The summed E-state index contributed by atoms with van der Waals surface area (Å²) >= 11 is 5.96. The first kappa shape index (κ1) is 17.6. The van der Waals surface area contributed by atoms with Crippen LogP contribution in [0.25, 0.3) is 11.3 Å². The second-order valence-corrected chi connectivity index (χ2v) is 6.76. The van der Waals surface area contributed by atoms with Crippen LogP contribution in [-0.4, -0.2) is 29.3 Å². The average Bonchev–Trinajstić information content (AvgIpc) is 3.15. The van der Waals surface area contributed by atoms with Gasteiger partial charge in [0.05, 0.1) is 19.3 Å². The molecule has 1 aliphatic rings. The largest absolute Gasteiger partial charge is 0.497 e. The predicted molar refractivity (Wildman–Crippen MR) is 104 cm³/mol. The number of halogens is 1.